The fourth-order valence-corrected chi connectivity index (χ4v) is 1.07. The van der Waals surface area contributed by atoms with Crippen LogP contribution < -0.4 is 5.32 Å². The second-order valence-electron chi connectivity index (χ2n) is 2.21. The number of hydrogen-bond acceptors (Lipinski definition) is 2. The summed E-state index contributed by atoms with van der Waals surface area (Å²) in [4.78, 5) is 0. The molecule has 1 rings (SSSR count). The van der Waals surface area contributed by atoms with Gasteiger partial charge >= 0.3 is 0 Å². The van der Waals surface area contributed by atoms with Gasteiger partial charge in [0.2, 0.25) is 0 Å². The van der Waals surface area contributed by atoms with Crippen LogP contribution in [0.25, 0.3) is 0 Å². The average Bonchev–Trinajstić information content (AvgIpc) is 2.33. The molecule has 0 bridgehead atoms. The van der Waals surface area contributed by atoms with Gasteiger partial charge < -0.3 is 10.1 Å². The van der Waals surface area contributed by atoms with Crippen LogP contribution in [0.5, 0.6) is 0 Å². The second-order valence-corrected chi connectivity index (χ2v) is 2.21. The molecule has 1 heterocycles. The standard InChI is InChI=1S/C7H11NO/c1-3-6-4-8-5-7(6)9-2/h1,6-8H,4-5H2,2H3. The van der Waals surface area contributed by atoms with Crippen molar-refractivity contribution in [2.24, 2.45) is 5.92 Å². The van der Waals surface area contributed by atoms with Gasteiger partial charge in [-0.15, -0.1) is 6.42 Å². The number of methoxy groups -OCH3 is 1. The van der Waals surface area contributed by atoms with E-state index in [-0.39, 0.29) is 12.0 Å². The monoisotopic (exact) mass is 125 g/mol. The molecular formula is C7H11NO. The van der Waals surface area contributed by atoms with Gasteiger partial charge in [0.1, 0.15) is 0 Å². The lowest BCUT2D eigenvalue weighted by molar-refractivity contribution is 0.100. The molecule has 1 aliphatic rings. The van der Waals surface area contributed by atoms with Crippen molar-refractivity contribution in [3.63, 3.8) is 0 Å². The zero-order chi connectivity index (χ0) is 6.69. The van der Waals surface area contributed by atoms with Gasteiger partial charge in [-0.2, -0.15) is 0 Å². The minimum absolute atomic E-state index is 0.231. The molecule has 1 N–H and O–H groups in total. The average molecular weight is 125 g/mol. The molecule has 1 saturated heterocycles. The lowest BCUT2D eigenvalue weighted by Crippen LogP contribution is -2.19. The van der Waals surface area contributed by atoms with E-state index in [0.29, 0.717) is 0 Å². The number of terminal acetylenes is 1. The van der Waals surface area contributed by atoms with Crippen molar-refractivity contribution in [2.45, 2.75) is 6.10 Å². The molecule has 0 aromatic rings. The SMILES string of the molecule is C#CC1CNCC1OC. The van der Waals surface area contributed by atoms with Crippen LogP contribution in [-0.2, 0) is 4.74 Å². The van der Waals surface area contributed by atoms with E-state index in [1.165, 1.54) is 0 Å². The van der Waals surface area contributed by atoms with Crippen LogP contribution in [0, 0.1) is 18.3 Å². The maximum Gasteiger partial charge on any atom is 0.0845 e. The van der Waals surface area contributed by atoms with E-state index in [2.05, 4.69) is 11.2 Å². The van der Waals surface area contributed by atoms with Gasteiger partial charge in [-0.3, -0.25) is 0 Å². The van der Waals surface area contributed by atoms with Crippen molar-refractivity contribution in [2.75, 3.05) is 20.2 Å². The Morgan fingerprint density at radius 2 is 2.44 bits per heavy atom. The number of rotatable bonds is 1. The Kier molecular flexibility index (Phi) is 2.10. The number of nitrogens with one attached hydrogen (secondary N) is 1. The van der Waals surface area contributed by atoms with Crippen molar-refractivity contribution in [1.29, 1.82) is 0 Å². The number of ether oxygens (including phenoxy) is 1. The molecule has 0 saturated carbocycles. The highest BCUT2D eigenvalue weighted by Crippen LogP contribution is 2.09. The first-order valence-electron chi connectivity index (χ1n) is 3.08. The summed E-state index contributed by atoms with van der Waals surface area (Å²) < 4.78 is 5.11. The summed E-state index contributed by atoms with van der Waals surface area (Å²) in [5.74, 6) is 2.95. The summed E-state index contributed by atoms with van der Waals surface area (Å²) in [6, 6.07) is 0. The van der Waals surface area contributed by atoms with Gasteiger partial charge in [0.05, 0.1) is 12.0 Å². The Hall–Kier alpha value is -0.520. The van der Waals surface area contributed by atoms with Crippen molar-refractivity contribution in [3.05, 3.63) is 0 Å². The van der Waals surface area contributed by atoms with E-state index in [9.17, 15) is 0 Å². The normalized spacial score (nSPS) is 34.2. The maximum absolute atomic E-state index is 5.23. The molecule has 2 nitrogen and oxygen atoms in total. The summed E-state index contributed by atoms with van der Waals surface area (Å²) in [7, 11) is 1.70. The Morgan fingerprint density at radius 1 is 1.67 bits per heavy atom. The lowest BCUT2D eigenvalue weighted by Gasteiger charge is -2.09. The predicted octanol–water partition coefficient (Wildman–Crippen LogP) is -0.146. The molecule has 0 amide bonds. The second kappa shape index (κ2) is 2.86. The Balaban J connectivity index is 2.44. The minimum Gasteiger partial charge on any atom is -0.379 e. The van der Waals surface area contributed by atoms with Gasteiger partial charge in [0.25, 0.3) is 0 Å². The third-order valence-electron chi connectivity index (χ3n) is 1.68. The first kappa shape index (κ1) is 6.60. The highest BCUT2D eigenvalue weighted by molar-refractivity contribution is 5.02. The topological polar surface area (TPSA) is 21.3 Å². The van der Waals surface area contributed by atoms with Crippen LogP contribution in [0.2, 0.25) is 0 Å². The summed E-state index contributed by atoms with van der Waals surface area (Å²) in [6.07, 6.45) is 5.46. The Labute approximate surface area is 55.6 Å². The molecule has 9 heavy (non-hydrogen) atoms. The van der Waals surface area contributed by atoms with E-state index in [1.54, 1.807) is 7.11 Å². The van der Waals surface area contributed by atoms with Gasteiger partial charge in [0, 0.05) is 20.2 Å². The molecule has 0 aromatic heterocycles. The van der Waals surface area contributed by atoms with Crippen LogP contribution in [0.15, 0.2) is 0 Å². The van der Waals surface area contributed by atoms with Crippen molar-refractivity contribution in [1.82, 2.24) is 5.32 Å². The summed E-state index contributed by atoms with van der Waals surface area (Å²) in [5.41, 5.74) is 0. The predicted molar refractivity (Wildman–Crippen MR) is 36.0 cm³/mol. The van der Waals surface area contributed by atoms with Gasteiger partial charge in [-0.05, 0) is 0 Å². The zero-order valence-corrected chi connectivity index (χ0v) is 5.55. The molecule has 1 aliphatic heterocycles. The fraction of sp³-hybridized carbons (Fsp3) is 0.714. The molecule has 0 spiro atoms. The van der Waals surface area contributed by atoms with E-state index in [4.69, 9.17) is 11.2 Å². The lowest BCUT2D eigenvalue weighted by atomic mass is 10.1. The molecule has 1 fully saturated rings. The Bertz CT molecular complexity index is 127. The largest absolute Gasteiger partial charge is 0.379 e. The van der Waals surface area contributed by atoms with Gasteiger partial charge in [-0.1, -0.05) is 5.92 Å². The van der Waals surface area contributed by atoms with E-state index in [0.717, 1.165) is 13.1 Å². The van der Waals surface area contributed by atoms with Crippen LogP contribution in [0.4, 0.5) is 0 Å². The van der Waals surface area contributed by atoms with E-state index >= 15 is 0 Å². The first-order valence-corrected chi connectivity index (χ1v) is 3.08. The van der Waals surface area contributed by atoms with Crippen LogP contribution in [0.1, 0.15) is 0 Å². The third-order valence-corrected chi connectivity index (χ3v) is 1.68. The van der Waals surface area contributed by atoms with Crippen molar-refractivity contribution < 1.29 is 4.74 Å². The molecule has 2 heteroatoms. The van der Waals surface area contributed by atoms with E-state index < -0.39 is 0 Å². The maximum atomic E-state index is 5.23. The molecule has 0 aliphatic carbocycles. The summed E-state index contributed by atoms with van der Waals surface area (Å²) in [6.45, 7) is 1.79. The number of hydrogen-bond donors (Lipinski definition) is 1. The smallest absolute Gasteiger partial charge is 0.0845 e. The van der Waals surface area contributed by atoms with Crippen LogP contribution in [-0.4, -0.2) is 26.3 Å². The quantitative estimate of drug-likeness (QED) is 0.492. The first-order chi connectivity index (χ1) is 4.38. The third kappa shape index (κ3) is 1.24. The molecule has 0 aromatic carbocycles. The Morgan fingerprint density at radius 3 is 2.89 bits per heavy atom. The van der Waals surface area contributed by atoms with Crippen LogP contribution in [0.3, 0.4) is 0 Å². The van der Waals surface area contributed by atoms with Gasteiger partial charge in [0.15, 0.2) is 0 Å². The highest BCUT2D eigenvalue weighted by Gasteiger charge is 2.24. The summed E-state index contributed by atoms with van der Waals surface area (Å²) in [5, 5.41) is 3.16. The molecule has 50 valence electrons. The zero-order valence-electron chi connectivity index (χ0n) is 5.55. The summed E-state index contributed by atoms with van der Waals surface area (Å²) >= 11 is 0. The molecule has 2 unspecified atom stereocenters. The highest BCUT2D eigenvalue weighted by atomic mass is 16.5. The molecule has 0 radical (unpaired) electrons. The molecular weight excluding hydrogens is 114 g/mol. The molecule has 2 atom stereocenters. The van der Waals surface area contributed by atoms with Crippen LogP contribution >= 0.6 is 0 Å². The van der Waals surface area contributed by atoms with Crippen molar-refractivity contribution in [3.8, 4) is 12.3 Å². The van der Waals surface area contributed by atoms with E-state index in [1.807, 2.05) is 0 Å². The fourth-order valence-electron chi connectivity index (χ4n) is 1.07. The van der Waals surface area contributed by atoms with Gasteiger partial charge in [-0.25, -0.2) is 0 Å². The minimum atomic E-state index is 0.231. The van der Waals surface area contributed by atoms with Crippen molar-refractivity contribution >= 4 is 0 Å².